The monoisotopic (exact) mass is 261 g/mol. The predicted octanol–water partition coefficient (Wildman–Crippen LogP) is 4.05. The summed E-state index contributed by atoms with van der Waals surface area (Å²) in [4.78, 5) is 4.99. The molecule has 1 aromatic heterocycles. The van der Waals surface area contributed by atoms with Crippen LogP contribution in [0.25, 0.3) is 0 Å². The molecule has 0 radical (unpaired) electrons. The first kappa shape index (κ1) is 13.0. The third-order valence-corrected chi connectivity index (χ3v) is 4.78. The Bertz CT molecular complexity index is 445. The molecular formula is C16H27N3. The minimum absolute atomic E-state index is 0.611. The molecule has 2 unspecified atom stereocenters. The van der Waals surface area contributed by atoms with Gasteiger partial charge in [-0.25, -0.2) is 4.98 Å². The molecule has 0 bridgehead atoms. The van der Waals surface area contributed by atoms with Gasteiger partial charge in [0.1, 0.15) is 11.6 Å². The second kappa shape index (κ2) is 5.18. The van der Waals surface area contributed by atoms with Crippen LogP contribution in [0, 0.1) is 5.92 Å². The molecule has 2 N–H and O–H groups in total. The lowest BCUT2D eigenvalue weighted by Crippen LogP contribution is -2.14. The van der Waals surface area contributed by atoms with Gasteiger partial charge in [-0.05, 0) is 38.0 Å². The molecule has 0 aliphatic heterocycles. The van der Waals surface area contributed by atoms with Gasteiger partial charge >= 0.3 is 0 Å². The lowest BCUT2D eigenvalue weighted by Gasteiger charge is -2.25. The Morgan fingerprint density at radius 3 is 2.63 bits per heavy atom. The average Bonchev–Trinajstić information content (AvgIpc) is 3.17. The molecular weight excluding hydrogens is 234 g/mol. The fourth-order valence-electron chi connectivity index (χ4n) is 3.60. The number of nitrogen functional groups attached to an aromatic ring is 1. The van der Waals surface area contributed by atoms with Crippen molar-refractivity contribution in [3.63, 3.8) is 0 Å². The lowest BCUT2D eigenvalue weighted by molar-refractivity contribution is 0.341. The van der Waals surface area contributed by atoms with Crippen molar-refractivity contribution in [2.24, 2.45) is 5.92 Å². The van der Waals surface area contributed by atoms with E-state index in [1.54, 1.807) is 0 Å². The SMILES string of the molecule is CCCn1c(C2CC2)nc(C2CCCC(C)C2)c1N. The molecule has 106 valence electrons. The maximum Gasteiger partial charge on any atom is 0.127 e. The van der Waals surface area contributed by atoms with Crippen LogP contribution < -0.4 is 5.73 Å². The first-order valence-electron chi connectivity index (χ1n) is 8.06. The number of anilines is 1. The number of hydrogen-bond acceptors (Lipinski definition) is 2. The average molecular weight is 261 g/mol. The van der Waals surface area contributed by atoms with Crippen LogP contribution in [-0.4, -0.2) is 9.55 Å². The van der Waals surface area contributed by atoms with Gasteiger partial charge in [-0.1, -0.05) is 26.7 Å². The molecule has 2 saturated carbocycles. The summed E-state index contributed by atoms with van der Waals surface area (Å²) in [6.07, 6.45) is 9.02. The molecule has 1 heterocycles. The fraction of sp³-hybridized carbons (Fsp3) is 0.812. The summed E-state index contributed by atoms with van der Waals surface area (Å²) in [5, 5.41) is 0. The molecule has 2 atom stereocenters. The Balaban J connectivity index is 1.90. The van der Waals surface area contributed by atoms with Crippen LogP contribution in [-0.2, 0) is 6.54 Å². The minimum atomic E-state index is 0.611. The molecule has 0 spiro atoms. The molecule has 1 aromatic rings. The van der Waals surface area contributed by atoms with Gasteiger partial charge in [-0.2, -0.15) is 0 Å². The highest BCUT2D eigenvalue weighted by Crippen LogP contribution is 2.44. The van der Waals surface area contributed by atoms with E-state index in [4.69, 9.17) is 10.7 Å². The number of imidazole rings is 1. The molecule has 19 heavy (non-hydrogen) atoms. The van der Waals surface area contributed by atoms with Crippen LogP contribution in [0.5, 0.6) is 0 Å². The highest BCUT2D eigenvalue weighted by Gasteiger charge is 2.33. The Morgan fingerprint density at radius 1 is 1.21 bits per heavy atom. The third kappa shape index (κ3) is 2.52. The number of aromatic nitrogens is 2. The zero-order chi connectivity index (χ0) is 13.4. The Morgan fingerprint density at radius 2 is 2.00 bits per heavy atom. The molecule has 3 nitrogen and oxygen atoms in total. The van der Waals surface area contributed by atoms with E-state index in [-0.39, 0.29) is 0 Å². The second-order valence-corrected chi connectivity index (χ2v) is 6.64. The quantitative estimate of drug-likeness (QED) is 0.888. The lowest BCUT2D eigenvalue weighted by atomic mass is 9.81. The standard InChI is InChI=1S/C16H27N3/c1-3-9-19-15(17)14(18-16(19)12-7-8-12)13-6-4-5-11(2)10-13/h11-13H,3-10,17H2,1-2H3. The van der Waals surface area contributed by atoms with Crippen molar-refractivity contribution < 1.29 is 0 Å². The number of rotatable bonds is 4. The second-order valence-electron chi connectivity index (χ2n) is 6.64. The number of hydrogen-bond donors (Lipinski definition) is 1. The molecule has 2 aliphatic carbocycles. The molecule has 0 amide bonds. The van der Waals surface area contributed by atoms with Gasteiger partial charge in [0, 0.05) is 18.4 Å². The predicted molar refractivity (Wildman–Crippen MR) is 79.3 cm³/mol. The number of nitrogens with zero attached hydrogens (tertiary/aromatic N) is 2. The zero-order valence-electron chi connectivity index (χ0n) is 12.4. The highest BCUT2D eigenvalue weighted by atomic mass is 15.2. The minimum Gasteiger partial charge on any atom is -0.384 e. The van der Waals surface area contributed by atoms with E-state index < -0.39 is 0 Å². The topological polar surface area (TPSA) is 43.8 Å². The summed E-state index contributed by atoms with van der Waals surface area (Å²) in [6.45, 7) is 5.62. The smallest absolute Gasteiger partial charge is 0.127 e. The molecule has 0 aromatic carbocycles. The fourth-order valence-corrected chi connectivity index (χ4v) is 3.60. The third-order valence-electron chi connectivity index (χ3n) is 4.78. The van der Waals surface area contributed by atoms with Crippen LogP contribution in [0.15, 0.2) is 0 Å². The van der Waals surface area contributed by atoms with Gasteiger partial charge in [0.25, 0.3) is 0 Å². The Hall–Kier alpha value is -0.990. The van der Waals surface area contributed by atoms with Crippen molar-refractivity contribution in [3.8, 4) is 0 Å². The van der Waals surface area contributed by atoms with E-state index in [2.05, 4.69) is 18.4 Å². The van der Waals surface area contributed by atoms with E-state index in [0.717, 1.165) is 24.7 Å². The summed E-state index contributed by atoms with van der Waals surface area (Å²) in [5.74, 6) is 4.40. The summed E-state index contributed by atoms with van der Waals surface area (Å²) in [7, 11) is 0. The van der Waals surface area contributed by atoms with Crippen molar-refractivity contribution in [1.82, 2.24) is 9.55 Å². The van der Waals surface area contributed by atoms with Crippen molar-refractivity contribution in [3.05, 3.63) is 11.5 Å². The molecule has 2 aliphatic rings. The Labute approximate surface area is 116 Å². The highest BCUT2D eigenvalue weighted by molar-refractivity contribution is 5.42. The van der Waals surface area contributed by atoms with Crippen molar-refractivity contribution in [2.75, 3.05) is 5.73 Å². The van der Waals surface area contributed by atoms with Gasteiger partial charge in [0.05, 0.1) is 5.69 Å². The van der Waals surface area contributed by atoms with Crippen LogP contribution in [0.3, 0.4) is 0 Å². The Kier molecular flexibility index (Phi) is 3.55. The summed E-state index contributed by atoms with van der Waals surface area (Å²) >= 11 is 0. The maximum absolute atomic E-state index is 6.43. The van der Waals surface area contributed by atoms with Crippen molar-refractivity contribution >= 4 is 5.82 Å². The first-order chi connectivity index (χ1) is 9.20. The van der Waals surface area contributed by atoms with Gasteiger partial charge < -0.3 is 10.3 Å². The van der Waals surface area contributed by atoms with Gasteiger partial charge in [-0.15, -0.1) is 0 Å². The van der Waals surface area contributed by atoms with Crippen molar-refractivity contribution in [1.29, 1.82) is 0 Å². The van der Waals surface area contributed by atoms with E-state index >= 15 is 0 Å². The van der Waals surface area contributed by atoms with Gasteiger partial charge in [0.2, 0.25) is 0 Å². The molecule has 3 heteroatoms. The van der Waals surface area contributed by atoms with Gasteiger partial charge in [0.15, 0.2) is 0 Å². The van der Waals surface area contributed by atoms with Gasteiger partial charge in [-0.3, -0.25) is 0 Å². The van der Waals surface area contributed by atoms with Crippen LogP contribution in [0.4, 0.5) is 5.82 Å². The van der Waals surface area contributed by atoms with E-state index in [1.165, 1.54) is 50.0 Å². The normalized spacial score (nSPS) is 27.7. The first-order valence-corrected chi connectivity index (χ1v) is 8.06. The summed E-state index contributed by atoms with van der Waals surface area (Å²) < 4.78 is 2.31. The van der Waals surface area contributed by atoms with E-state index in [1.807, 2.05) is 0 Å². The summed E-state index contributed by atoms with van der Waals surface area (Å²) in [6, 6.07) is 0. The molecule has 0 saturated heterocycles. The van der Waals surface area contributed by atoms with E-state index in [9.17, 15) is 0 Å². The largest absolute Gasteiger partial charge is 0.384 e. The molecule has 2 fully saturated rings. The van der Waals surface area contributed by atoms with E-state index in [0.29, 0.717) is 11.8 Å². The molecule has 3 rings (SSSR count). The van der Waals surface area contributed by atoms with Crippen molar-refractivity contribution in [2.45, 2.75) is 77.2 Å². The van der Waals surface area contributed by atoms with Crippen LogP contribution >= 0.6 is 0 Å². The number of nitrogens with two attached hydrogens (primary N) is 1. The maximum atomic E-state index is 6.43. The summed E-state index contributed by atoms with van der Waals surface area (Å²) in [5.41, 5.74) is 7.66. The zero-order valence-corrected chi connectivity index (χ0v) is 12.4. The van der Waals surface area contributed by atoms with Crippen LogP contribution in [0.1, 0.15) is 82.1 Å². The van der Waals surface area contributed by atoms with Crippen LogP contribution in [0.2, 0.25) is 0 Å².